The average molecular weight is 1370 g/mol. The van der Waals surface area contributed by atoms with E-state index < -0.39 is 168 Å². The summed E-state index contributed by atoms with van der Waals surface area (Å²) in [6.45, 7) is 18.1. The van der Waals surface area contributed by atoms with E-state index in [9.17, 15) is 74.3 Å². The molecule has 2 aliphatic carbocycles. The lowest BCUT2D eigenvalue weighted by Crippen LogP contribution is -2.61. The fourth-order valence-corrected chi connectivity index (χ4v) is 13.3. The number of hydrogen-bond donors (Lipinski definition) is 4. The number of likely N-dealkylation sites (N-methyl/N-ethyl adjacent to an activating group) is 7. The first-order valence-electron chi connectivity index (χ1n) is 33.5. The van der Waals surface area contributed by atoms with Gasteiger partial charge in [-0.3, -0.25) is 52.8 Å². The second-order valence-corrected chi connectivity index (χ2v) is 29.7. The van der Waals surface area contributed by atoms with Crippen LogP contribution < -0.4 is 21.3 Å². The van der Waals surface area contributed by atoms with E-state index in [-0.39, 0.29) is 114 Å². The van der Waals surface area contributed by atoms with Gasteiger partial charge < -0.3 is 50.7 Å². The zero-order chi connectivity index (χ0) is 71.8. The summed E-state index contributed by atoms with van der Waals surface area (Å²) in [6, 6.07) is -7.46. The fourth-order valence-electron chi connectivity index (χ4n) is 12.8. The van der Waals surface area contributed by atoms with Gasteiger partial charge in [-0.25, -0.2) is 0 Å². The summed E-state index contributed by atoms with van der Waals surface area (Å²) in [5, 5.41) is 10.4. The maximum absolute atomic E-state index is 14.8. The Labute approximate surface area is 559 Å². The van der Waals surface area contributed by atoms with Crippen molar-refractivity contribution in [2.45, 2.75) is 238 Å². The summed E-state index contributed by atoms with van der Waals surface area (Å²) in [4.78, 5) is 153. The molecule has 10 amide bonds. The molecule has 11 atom stereocenters. The number of nitrogens with one attached hydrogen (secondary N) is 4. The van der Waals surface area contributed by atoms with Crippen molar-refractivity contribution in [3.8, 4) is 0 Å². The van der Waals surface area contributed by atoms with E-state index in [1.165, 1.54) is 52.1 Å². The van der Waals surface area contributed by atoms with Crippen LogP contribution in [0.15, 0.2) is 0 Å². The summed E-state index contributed by atoms with van der Waals surface area (Å²) in [5.74, 6) is -11.4. The highest BCUT2D eigenvalue weighted by molar-refractivity contribution is 6.20. The molecule has 4 N–H and O–H groups in total. The number of halogens is 7. The summed E-state index contributed by atoms with van der Waals surface area (Å²) < 4.78 is 83.3. The average Bonchev–Trinajstić information content (AvgIpc) is 0.853. The van der Waals surface area contributed by atoms with Crippen molar-refractivity contribution in [3.05, 3.63) is 0 Å². The standard InChI is InChI=1S/C66H112ClF6N11O10/c1-19-41(8)57-62(93)80(14)36-55(87)78(12)37-56(88)84(18)52(33-44-20-24-45(25-21-44)65(68,69)70)61(92)79(13)35-53(85)75-49(27-23-43-22-26-47(48(67)32-43)66(71,72)73)58(89)74-46(28-38(2)3)34-81(15)64(10,11)63(94)76-50(29-39(4)5)60(91)82(16)42(9)31-54(86)83(17)51(30-40(6)7)59(90)77-57/h38-52,57H,19-37H2,1-18H3,(H,74,89)(H,75,85)(H,76,94)(H,77,90)/t41-,42+,43?,44?,45?,46-,47?,48?,49-,50-,51-,52-,57-/m0/s1. The maximum atomic E-state index is 14.8. The second-order valence-electron chi connectivity index (χ2n) is 29.1. The molecule has 2 saturated carbocycles. The molecule has 0 radical (unpaired) electrons. The summed E-state index contributed by atoms with van der Waals surface area (Å²) in [6.07, 6.45) is -8.43. The molecule has 0 aromatic carbocycles. The van der Waals surface area contributed by atoms with Crippen LogP contribution in [-0.4, -0.2) is 234 Å². The number of rotatable bonds is 13. The van der Waals surface area contributed by atoms with E-state index in [0.29, 0.717) is 12.8 Å². The highest BCUT2D eigenvalue weighted by Gasteiger charge is 2.48. The normalized spacial score (nSPS) is 29.6. The first-order valence-corrected chi connectivity index (χ1v) is 34.0. The molecule has 3 fully saturated rings. The number of nitrogens with zero attached hydrogens (tertiary/aromatic N) is 7. The van der Waals surface area contributed by atoms with Crippen LogP contribution in [0.2, 0.25) is 0 Å². The molecule has 0 aromatic rings. The van der Waals surface area contributed by atoms with E-state index >= 15 is 0 Å². The van der Waals surface area contributed by atoms with E-state index in [1.54, 1.807) is 39.6 Å². The topological polar surface area (TPSA) is 242 Å². The van der Waals surface area contributed by atoms with Crippen molar-refractivity contribution in [3.63, 3.8) is 0 Å². The maximum Gasteiger partial charge on any atom is 0.393 e. The van der Waals surface area contributed by atoms with Gasteiger partial charge in [0.2, 0.25) is 59.1 Å². The minimum absolute atomic E-state index is 0.00974. The molecule has 3 rings (SSSR count). The molecule has 1 heterocycles. The van der Waals surface area contributed by atoms with Gasteiger partial charge in [-0.2, -0.15) is 26.3 Å². The van der Waals surface area contributed by atoms with Crippen LogP contribution in [0.25, 0.3) is 0 Å². The van der Waals surface area contributed by atoms with E-state index in [1.807, 2.05) is 48.5 Å². The van der Waals surface area contributed by atoms with Crippen molar-refractivity contribution < 1.29 is 74.3 Å². The highest BCUT2D eigenvalue weighted by atomic mass is 35.5. The Bertz CT molecular complexity index is 2570. The van der Waals surface area contributed by atoms with Gasteiger partial charge in [-0.05, 0) is 147 Å². The molecule has 540 valence electrons. The Hall–Kier alpha value is -5.47. The van der Waals surface area contributed by atoms with Crippen LogP contribution in [0.3, 0.4) is 0 Å². The van der Waals surface area contributed by atoms with E-state index in [4.69, 9.17) is 11.6 Å². The minimum atomic E-state index is -4.52. The molecule has 28 heteroatoms. The van der Waals surface area contributed by atoms with Crippen molar-refractivity contribution in [2.24, 2.45) is 47.3 Å². The third-order valence-electron chi connectivity index (χ3n) is 19.7. The van der Waals surface area contributed by atoms with Gasteiger partial charge >= 0.3 is 12.4 Å². The van der Waals surface area contributed by atoms with E-state index in [0.717, 1.165) is 19.6 Å². The number of carbonyl (C=O) groups excluding carboxylic acids is 10. The Kier molecular flexibility index (Phi) is 31.9. The first kappa shape index (κ1) is 82.8. The fraction of sp³-hybridized carbons (Fsp3) is 0.848. The van der Waals surface area contributed by atoms with Crippen molar-refractivity contribution in [1.29, 1.82) is 0 Å². The number of amides is 10. The van der Waals surface area contributed by atoms with Crippen molar-refractivity contribution in [2.75, 3.05) is 75.5 Å². The summed E-state index contributed by atoms with van der Waals surface area (Å²) >= 11 is 6.34. The molecule has 3 unspecified atom stereocenters. The highest BCUT2D eigenvalue weighted by Crippen LogP contribution is 2.44. The third kappa shape index (κ3) is 24.6. The molecule has 0 bridgehead atoms. The van der Waals surface area contributed by atoms with Crippen LogP contribution in [0.4, 0.5) is 26.3 Å². The van der Waals surface area contributed by atoms with E-state index in [2.05, 4.69) is 21.3 Å². The molecular weight excluding hydrogens is 1260 g/mol. The SMILES string of the molecule is CC[C@H](C)[C@@H]1NC(=O)[C@H](CC(C)C)N(C)C(=O)C[C@@H](C)N(C)C(=O)[C@H](CC(C)C)NC(=O)C(C)(C)N(C)C[C@H](CC(C)C)NC(=O)[C@H](CCC2CCC(C(F)(F)F)C(Cl)C2)NC(=O)CN(C)C(=O)[C@H](CC2CCC(C(F)(F)F)CC2)N(C)C(=O)CN(C)C(=O)CN(C)C1=O. The molecule has 21 nitrogen and oxygen atoms in total. The largest absolute Gasteiger partial charge is 0.393 e. The van der Waals surface area contributed by atoms with Gasteiger partial charge in [-0.1, -0.05) is 61.8 Å². The van der Waals surface area contributed by atoms with Gasteiger partial charge in [0.15, 0.2) is 0 Å². The van der Waals surface area contributed by atoms with Gasteiger partial charge in [0, 0.05) is 72.7 Å². The monoisotopic (exact) mass is 1370 g/mol. The Morgan fingerprint density at radius 1 is 0.553 bits per heavy atom. The quantitative estimate of drug-likeness (QED) is 0.106. The van der Waals surface area contributed by atoms with Crippen LogP contribution in [0.5, 0.6) is 0 Å². The summed E-state index contributed by atoms with van der Waals surface area (Å²) in [7, 11) is 9.91. The molecule has 0 aromatic heterocycles. The molecular formula is C66H112ClF6N11O10. The second kappa shape index (κ2) is 36.2. The number of alkyl halides is 7. The molecule has 3 aliphatic rings. The first-order chi connectivity index (χ1) is 43.3. The van der Waals surface area contributed by atoms with Gasteiger partial charge in [-0.15, -0.1) is 11.6 Å². The lowest BCUT2D eigenvalue weighted by molar-refractivity contribution is -0.184. The smallest absolute Gasteiger partial charge is 0.350 e. The molecule has 0 spiro atoms. The predicted octanol–water partition coefficient (Wildman–Crippen LogP) is 7.23. The molecule has 1 saturated heterocycles. The van der Waals surface area contributed by atoms with Crippen LogP contribution in [0.1, 0.15) is 172 Å². The summed E-state index contributed by atoms with van der Waals surface area (Å²) in [5.41, 5.74) is -1.35. The molecule has 1 aliphatic heterocycles. The Morgan fingerprint density at radius 2 is 1.10 bits per heavy atom. The van der Waals surface area contributed by atoms with Crippen LogP contribution in [0, 0.1) is 47.3 Å². The van der Waals surface area contributed by atoms with Gasteiger partial charge in [0.1, 0.15) is 30.2 Å². The van der Waals surface area contributed by atoms with Crippen LogP contribution >= 0.6 is 11.6 Å². The third-order valence-corrected chi connectivity index (χ3v) is 20.1. The number of carbonyl (C=O) groups is 10. The van der Waals surface area contributed by atoms with Gasteiger partial charge in [0.05, 0.1) is 37.0 Å². The van der Waals surface area contributed by atoms with Crippen molar-refractivity contribution >= 4 is 70.7 Å². The Morgan fingerprint density at radius 3 is 1.63 bits per heavy atom. The molecule has 94 heavy (non-hydrogen) atoms. The lowest BCUT2D eigenvalue weighted by atomic mass is 9.78. The van der Waals surface area contributed by atoms with Crippen LogP contribution in [-0.2, 0) is 47.9 Å². The predicted molar refractivity (Wildman–Crippen MR) is 347 cm³/mol. The minimum Gasteiger partial charge on any atom is -0.350 e. The lowest BCUT2D eigenvalue weighted by Gasteiger charge is -2.39. The number of hydrogen-bond acceptors (Lipinski definition) is 11. The van der Waals surface area contributed by atoms with Crippen molar-refractivity contribution in [1.82, 2.24) is 55.6 Å². The Balaban J connectivity index is 2.19. The van der Waals surface area contributed by atoms with Gasteiger partial charge in [0.25, 0.3) is 0 Å². The zero-order valence-corrected chi connectivity index (χ0v) is 59.8. The zero-order valence-electron chi connectivity index (χ0n) is 59.0.